The molecule has 1 aromatic heterocycles. The molecule has 3 aromatic carbocycles. The molecule has 41 heavy (non-hydrogen) atoms. The molecule has 4 N–H and O–H groups in total. The van der Waals surface area contributed by atoms with Crippen LogP contribution in [0.2, 0.25) is 0 Å². The number of fused-ring (bicyclic) bond motifs is 1. The van der Waals surface area contributed by atoms with Crippen LogP contribution in [0, 0.1) is 0 Å². The number of anilines is 1. The van der Waals surface area contributed by atoms with E-state index in [1.54, 1.807) is 12.1 Å². The largest absolute Gasteiger partial charge is 0.478 e. The Kier molecular flexibility index (Phi) is 7.05. The highest BCUT2D eigenvalue weighted by Crippen LogP contribution is 2.38. The number of aliphatic hydroxyl groups is 1. The number of amides is 2. The van der Waals surface area contributed by atoms with Gasteiger partial charge in [0.05, 0.1) is 28.6 Å². The van der Waals surface area contributed by atoms with Crippen LogP contribution < -0.4 is 10.6 Å². The minimum Gasteiger partial charge on any atom is -0.478 e. The highest BCUT2D eigenvalue weighted by Gasteiger charge is 2.51. The summed E-state index contributed by atoms with van der Waals surface area (Å²) in [5, 5.41) is 30.8. The summed E-state index contributed by atoms with van der Waals surface area (Å²) in [4.78, 5) is 37.9. The first-order valence-corrected chi connectivity index (χ1v) is 14.1. The average Bonchev–Trinajstić information content (AvgIpc) is 3.36. The lowest BCUT2D eigenvalue weighted by Crippen LogP contribution is -2.65. The number of aromatic carboxylic acids is 1. The van der Waals surface area contributed by atoms with E-state index in [1.807, 2.05) is 41.1 Å². The van der Waals surface area contributed by atoms with Crippen LogP contribution in [0.15, 0.2) is 72.8 Å². The van der Waals surface area contributed by atoms with Gasteiger partial charge in [-0.1, -0.05) is 43.5 Å². The minimum atomic E-state index is -1.28. The van der Waals surface area contributed by atoms with Crippen molar-refractivity contribution in [1.29, 1.82) is 0 Å². The zero-order valence-electron chi connectivity index (χ0n) is 22.5. The van der Waals surface area contributed by atoms with E-state index in [0.717, 1.165) is 23.9 Å². The number of carbonyl (C=O) groups excluding carboxylic acids is 2. The summed E-state index contributed by atoms with van der Waals surface area (Å²) in [6.07, 6.45) is 5.28. The first-order chi connectivity index (χ1) is 19.8. The van der Waals surface area contributed by atoms with E-state index in [4.69, 9.17) is 10.2 Å². The van der Waals surface area contributed by atoms with Crippen LogP contribution in [0.5, 0.6) is 0 Å². The van der Waals surface area contributed by atoms with E-state index in [1.165, 1.54) is 49.2 Å². The minimum absolute atomic E-state index is 0.0779. The van der Waals surface area contributed by atoms with Gasteiger partial charge in [0.2, 0.25) is 5.91 Å². The normalized spacial score (nSPS) is 20.8. The summed E-state index contributed by atoms with van der Waals surface area (Å²) in [5.74, 6) is -1.57. The Morgan fingerprint density at radius 2 is 1.56 bits per heavy atom. The third kappa shape index (κ3) is 5.20. The Morgan fingerprint density at radius 1 is 0.878 bits per heavy atom. The number of para-hydroxylation sites is 1. The number of nitrogens with one attached hydrogen (secondary N) is 2. The second-order valence-corrected chi connectivity index (χ2v) is 11.1. The van der Waals surface area contributed by atoms with Gasteiger partial charge in [-0.25, -0.2) is 9.48 Å². The van der Waals surface area contributed by atoms with Crippen LogP contribution in [0.1, 0.15) is 77.3 Å². The number of carbonyl (C=O) groups is 3. The maximum absolute atomic E-state index is 13.5. The molecular weight excluding hydrogens is 520 g/mol. The van der Waals surface area contributed by atoms with Gasteiger partial charge in [0.15, 0.2) is 0 Å². The molecule has 0 spiro atoms. The smallest absolute Gasteiger partial charge is 0.335 e. The van der Waals surface area contributed by atoms with Crippen molar-refractivity contribution in [2.75, 3.05) is 5.32 Å². The number of nitrogens with zero attached hydrogens (tertiary/aromatic N) is 2. The van der Waals surface area contributed by atoms with E-state index in [0.29, 0.717) is 22.7 Å². The van der Waals surface area contributed by atoms with E-state index >= 15 is 0 Å². The van der Waals surface area contributed by atoms with Crippen LogP contribution in [-0.2, 0) is 4.79 Å². The Bertz CT molecular complexity index is 1600. The van der Waals surface area contributed by atoms with Crippen molar-refractivity contribution in [3.05, 3.63) is 89.6 Å². The van der Waals surface area contributed by atoms with Crippen LogP contribution in [0.4, 0.5) is 5.69 Å². The molecule has 0 unspecified atom stereocenters. The average molecular weight is 553 g/mol. The summed E-state index contributed by atoms with van der Waals surface area (Å²) >= 11 is 0. The van der Waals surface area contributed by atoms with E-state index in [9.17, 15) is 19.5 Å². The molecule has 2 aliphatic rings. The maximum atomic E-state index is 13.5. The van der Waals surface area contributed by atoms with Gasteiger partial charge in [-0.05, 0) is 61.4 Å². The molecule has 2 aliphatic carbocycles. The Labute approximate surface area is 237 Å². The van der Waals surface area contributed by atoms with Crippen molar-refractivity contribution >= 4 is 34.4 Å². The van der Waals surface area contributed by atoms with Crippen molar-refractivity contribution < 1.29 is 24.6 Å². The van der Waals surface area contributed by atoms with E-state index < -0.39 is 29.4 Å². The summed E-state index contributed by atoms with van der Waals surface area (Å²) in [6, 6.07) is 21.3. The van der Waals surface area contributed by atoms with Gasteiger partial charge in [-0.2, -0.15) is 5.10 Å². The molecule has 2 amide bonds. The third-order valence-corrected chi connectivity index (χ3v) is 8.31. The molecule has 9 heteroatoms. The summed E-state index contributed by atoms with van der Waals surface area (Å²) in [6.45, 7) is 0. The lowest BCUT2D eigenvalue weighted by molar-refractivity contribution is -0.130. The summed E-state index contributed by atoms with van der Waals surface area (Å²) in [5.41, 5.74) is 2.46. The second-order valence-electron chi connectivity index (χ2n) is 11.1. The summed E-state index contributed by atoms with van der Waals surface area (Å²) in [7, 11) is 0. The first kappa shape index (κ1) is 26.7. The van der Waals surface area contributed by atoms with Crippen LogP contribution >= 0.6 is 0 Å². The number of rotatable bonds is 7. The van der Waals surface area contributed by atoms with Crippen molar-refractivity contribution in [2.45, 2.75) is 62.5 Å². The van der Waals surface area contributed by atoms with Gasteiger partial charge in [-0.15, -0.1) is 0 Å². The predicted molar refractivity (Wildman–Crippen MR) is 154 cm³/mol. The Morgan fingerprint density at radius 3 is 2.22 bits per heavy atom. The highest BCUT2D eigenvalue weighted by atomic mass is 16.4. The van der Waals surface area contributed by atoms with Crippen molar-refractivity contribution in [2.24, 2.45) is 0 Å². The molecule has 210 valence electrons. The van der Waals surface area contributed by atoms with Crippen LogP contribution in [-0.4, -0.2) is 49.4 Å². The first-order valence-electron chi connectivity index (χ1n) is 14.1. The zero-order chi connectivity index (χ0) is 28.6. The van der Waals surface area contributed by atoms with Crippen molar-refractivity contribution in [3.63, 3.8) is 0 Å². The van der Waals surface area contributed by atoms with Crippen LogP contribution in [0.25, 0.3) is 16.6 Å². The monoisotopic (exact) mass is 552 g/mol. The number of carboxylic acids is 1. The number of benzene rings is 3. The molecule has 9 nitrogen and oxygen atoms in total. The third-order valence-electron chi connectivity index (χ3n) is 8.31. The fraction of sp³-hybridized carbons (Fsp3) is 0.312. The molecule has 0 atom stereocenters. The van der Waals surface area contributed by atoms with Gasteiger partial charge in [0.25, 0.3) is 5.91 Å². The molecule has 0 aliphatic heterocycles. The lowest BCUT2D eigenvalue weighted by Gasteiger charge is -2.44. The predicted octanol–water partition coefficient (Wildman–Crippen LogP) is 5.03. The molecule has 6 rings (SSSR count). The highest BCUT2D eigenvalue weighted by molar-refractivity contribution is 6.05. The lowest BCUT2D eigenvalue weighted by atomic mass is 9.73. The molecule has 1 heterocycles. The van der Waals surface area contributed by atoms with Gasteiger partial charge < -0.3 is 20.8 Å². The van der Waals surface area contributed by atoms with Crippen LogP contribution in [0.3, 0.4) is 0 Å². The number of aliphatic hydroxyl groups excluding tert-OH is 1. The topological polar surface area (TPSA) is 134 Å². The van der Waals surface area contributed by atoms with Gasteiger partial charge in [0, 0.05) is 35.4 Å². The quantitative estimate of drug-likeness (QED) is 0.254. The standard InChI is InChI=1S/C32H32N4O5/c37-25-18-32(19-25,31(41)33-23-14-11-21(12-15-23)30(39)40)34-29(38)22-13-16-26-27(17-22)35-36(24-9-5-2-6-10-24)28(26)20-7-3-1-4-8-20/h2,5-6,9-17,20,25,37H,1,3-4,7-8,18-19H2,(H,33,41)(H,34,38)(H,39,40)/t25-,32+. The van der Waals surface area contributed by atoms with Crippen molar-refractivity contribution in [1.82, 2.24) is 15.1 Å². The van der Waals surface area contributed by atoms with E-state index in [-0.39, 0.29) is 18.4 Å². The SMILES string of the molecule is O=C(O)c1ccc(NC(=O)[C@]2(NC(=O)c3ccc4c(C5CCCCC5)n(-c5ccccc5)nc4c3)C[C@@H](O)C2)cc1. The summed E-state index contributed by atoms with van der Waals surface area (Å²) < 4.78 is 2.01. The Balaban J connectivity index is 1.27. The number of hydrogen-bond donors (Lipinski definition) is 4. The van der Waals surface area contributed by atoms with Crippen molar-refractivity contribution in [3.8, 4) is 5.69 Å². The molecule has 0 radical (unpaired) electrons. The second kappa shape index (κ2) is 10.8. The fourth-order valence-electron chi connectivity index (χ4n) is 6.11. The number of aromatic nitrogens is 2. The fourth-order valence-corrected chi connectivity index (χ4v) is 6.11. The molecule has 0 bridgehead atoms. The molecular formula is C32H32N4O5. The molecule has 2 fully saturated rings. The Hall–Kier alpha value is -4.50. The molecule has 4 aromatic rings. The van der Waals surface area contributed by atoms with Gasteiger partial charge in [0.1, 0.15) is 5.54 Å². The zero-order valence-corrected chi connectivity index (χ0v) is 22.5. The maximum Gasteiger partial charge on any atom is 0.335 e. The van der Waals surface area contributed by atoms with Gasteiger partial charge in [-0.3, -0.25) is 9.59 Å². The number of carboxylic acid groups (broad SMARTS) is 1. The number of hydrogen-bond acceptors (Lipinski definition) is 5. The molecule has 2 saturated carbocycles. The molecule has 0 saturated heterocycles. The van der Waals surface area contributed by atoms with E-state index in [2.05, 4.69) is 10.6 Å². The van der Waals surface area contributed by atoms with Gasteiger partial charge >= 0.3 is 5.97 Å².